The molecule has 0 aliphatic rings. The third kappa shape index (κ3) is 3.92. The van der Waals surface area contributed by atoms with Gasteiger partial charge < -0.3 is 10.6 Å². The van der Waals surface area contributed by atoms with Crippen LogP contribution in [0.3, 0.4) is 0 Å². The quantitative estimate of drug-likeness (QED) is 0.847. The average molecular weight is 289 g/mol. The Morgan fingerprint density at radius 1 is 1.56 bits per heavy atom. The molecule has 0 aliphatic heterocycles. The topological polar surface area (TPSA) is 46.3 Å². The Balaban J connectivity index is 2.93. The van der Waals surface area contributed by atoms with E-state index in [0.717, 1.165) is 12.5 Å². The van der Waals surface area contributed by atoms with Crippen LogP contribution in [0.15, 0.2) is 18.2 Å². The van der Waals surface area contributed by atoms with E-state index in [1.54, 1.807) is 0 Å². The zero-order valence-electron chi connectivity index (χ0n) is 9.95. The lowest BCUT2D eigenvalue weighted by molar-refractivity contribution is 0.0779. The van der Waals surface area contributed by atoms with Crippen LogP contribution in [0.1, 0.15) is 23.7 Å². The van der Waals surface area contributed by atoms with Gasteiger partial charge in [0.1, 0.15) is 5.82 Å². The summed E-state index contributed by atoms with van der Waals surface area (Å²) in [5.74, 6) is -0.922. The van der Waals surface area contributed by atoms with E-state index < -0.39 is 5.82 Å². The highest BCUT2D eigenvalue weighted by Crippen LogP contribution is 2.16. The number of nitrogens with zero attached hydrogens (tertiary/aromatic N) is 1. The van der Waals surface area contributed by atoms with Gasteiger partial charge in [0.25, 0.3) is 5.91 Å². The fraction of sp³-hybridized carbons (Fsp3) is 0.333. The number of halogens is 2. The van der Waals surface area contributed by atoms with E-state index in [9.17, 15) is 9.18 Å². The zero-order chi connectivity index (χ0) is 13.7. The summed E-state index contributed by atoms with van der Waals surface area (Å²) in [4.78, 5) is 13.9. The van der Waals surface area contributed by atoms with E-state index in [-0.39, 0.29) is 28.0 Å². The third-order valence-corrected chi connectivity index (χ3v) is 2.73. The Labute approximate surface area is 116 Å². The molecule has 6 heteroatoms. The van der Waals surface area contributed by atoms with Crippen molar-refractivity contribution in [2.45, 2.75) is 13.3 Å². The van der Waals surface area contributed by atoms with Crippen LogP contribution in [-0.2, 0) is 0 Å². The molecular formula is C12H14ClFN2OS. The van der Waals surface area contributed by atoms with E-state index in [4.69, 9.17) is 29.6 Å². The van der Waals surface area contributed by atoms with Gasteiger partial charge in [-0.25, -0.2) is 4.39 Å². The predicted octanol–water partition coefficient (Wildman–Crippen LogP) is 2.62. The third-order valence-electron chi connectivity index (χ3n) is 2.29. The van der Waals surface area contributed by atoms with Gasteiger partial charge in [0.05, 0.1) is 16.6 Å². The summed E-state index contributed by atoms with van der Waals surface area (Å²) in [6, 6.07) is 3.96. The molecule has 0 unspecified atom stereocenters. The summed E-state index contributed by atoms with van der Waals surface area (Å²) in [5, 5.41) is -0.0112. The molecule has 3 nitrogen and oxygen atoms in total. The standard InChI is InChI=1S/C12H14ClFN2OS/c1-2-5-16(7-11(15)18)12(17)8-3-4-9(13)10(14)6-8/h3-4,6H,2,5,7H2,1H3,(H2,15,18). The number of benzene rings is 1. The molecule has 0 spiro atoms. The van der Waals surface area contributed by atoms with Gasteiger partial charge in [-0.3, -0.25) is 4.79 Å². The Hall–Kier alpha value is -1.20. The van der Waals surface area contributed by atoms with Crippen LogP contribution in [0.25, 0.3) is 0 Å². The highest BCUT2D eigenvalue weighted by atomic mass is 35.5. The Morgan fingerprint density at radius 3 is 2.72 bits per heavy atom. The van der Waals surface area contributed by atoms with Crippen LogP contribution in [0.5, 0.6) is 0 Å². The summed E-state index contributed by atoms with van der Waals surface area (Å²) < 4.78 is 13.3. The zero-order valence-corrected chi connectivity index (χ0v) is 11.5. The number of carbonyl (C=O) groups excluding carboxylic acids is 1. The molecule has 18 heavy (non-hydrogen) atoms. The fourth-order valence-electron chi connectivity index (χ4n) is 1.52. The van der Waals surface area contributed by atoms with Crippen LogP contribution >= 0.6 is 23.8 Å². The number of thiocarbonyl (C=S) groups is 1. The van der Waals surface area contributed by atoms with Crippen molar-refractivity contribution in [1.29, 1.82) is 0 Å². The summed E-state index contributed by atoms with van der Waals surface area (Å²) in [5.41, 5.74) is 5.67. The summed E-state index contributed by atoms with van der Waals surface area (Å²) in [6.45, 7) is 2.63. The molecule has 0 aromatic heterocycles. The van der Waals surface area contributed by atoms with Gasteiger partial charge in [-0.1, -0.05) is 30.7 Å². The molecule has 0 saturated carbocycles. The Kier molecular flexibility index (Phi) is 5.50. The molecule has 1 aromatic rings. The second-order valence-electron chi connectivity index (χ2n) is 3.82. The average Bonchev–Trinajstić information content (AvgIpc) is 2.31. The number of hydrogen-bond donors (Lipinski definition) is 1. The first kappa shape index (κ1) is 14.9. The molecule has 0 saturated heterocycles. The van der Waals surface area contributed by atoms with E-state index >= 15 is 0 Å². The van der Waals surface area contributed by atoms with Gasteiger partial charge in [0, 0.05) is 12.1 Å². The van der Waals surface area contributed by atoms with Crippen LogP contribution in [-0.4, -0.2) is 28.9 Å². The minimum absolute atomic E-state index is 0.0112. The smallest absolute Gasteiger partial charge is 0.254 e. The van der Waals surface area contributed by atoms with Crippen molar-refractivity contribution in [3.8, 4) is 0 Å². The van der Waals surface area contributed by atoms with Gasteiger partial charge >= 0.3 is 0 Å². The number of hydrogen-bond acceptors (Lipinski definition) is 2. The van der Waals surface area contributed by atoms with Crippen molar-refractivity contribution in [2.75, 3.05) is 13.1 Å². The number of carbonyl (C=O) groups is 1. The first-order valence-electron chi connectivity index (χ1n) is 5.48. The number of rotatable bonds is 5. The largest absolute Gasteiger partial charge is 0.392 e. The second-order valence-corrected chi connectivity index (χ2v) is 4.75. The first-order valence-corrected chi connectivity index (χ1v) is 6.27. The molecule has 0 fully saturated rings. The SMILES string of the molecule is CCCN(CC(N)=S)C(=O)c1ccc(Cl)c(F)c1. The molecule has 1 amide bonds. The monoisotopic (exact) mass is 288 g/mol. The predicted molar refractivity (Wildman–Crippen MR) is 74.4 cm³/mol. The van der Waals surface area contributed by atoms with Crippen molar-refractivity contribution < 1.29 is 9.18 Å². The molecule has 1 aromatic carbocycles. The van der Waals surface area contributed by atoms with Gasteiger partial charge in [0.15, 0.2) is 0 Å². The van der Waals surface area contributed by atoms with Gasteiger partial charge in [-0.15, -0.1) is 0 Å². The van der Waals surface area contributed by atoms with E-state index in [1.807, 2.05) is 6.92 Å². The van der Waals surface area contributed by atoms with Crippen molar-refractivity contribution in [1.82, 2.24) is 4.90 Å². The summed E-state index contributed by atoms with van der Waals surface area (Å²) >= 11 is 10.4. The lowest BCUT2D eigenvalue weighted by Gasteiger charge is -2.21. The molecule has 98 valence electrons. The minimum Gasteiger partial charge on any atom is -0.392 e. The molecule has 2 N–H and O–H groups in total. The Morgan fingerprint density at radius 2 is 2.22 bits per heavy atom. The van der Waals surface area contributed by atoms with E-state index in [0.29, 0.717) is 6.54 Å². The normalized spacial score (nSPS) is 10.2. The molecular weight excluding hydrogens is 275 g/mol. The highest BCUT2D eigenvalue weighted by Gasteiger charge is 2.16. The maximum Gasteiger partial charge on any atom is 0.254 e. The molecule has 1 rings (SSSR count). The van der Waals surface area contributed by atoms with Gasteiger partial charge in [-0.2, -0.15) is 0 Å². The van der Waals surface area contributed by atoms with Crippen molar-refractivity contribution in [3.05, 3.63) is 34.6 Å². The maximum atomic E-state index is 13.3. The Bertz CT molecular complexity index is 467. The minimum atomic E-state index is -0.616. The fourth-order valence-corrected chi connectivity index (χ4v) is 1.80. The van der Waals surface area contributed by atoms with Crippen molar-refractivity contribution >= 4 is 34.7 Å². The van der Waals surface area contributed by atoms with Crippen LogP contribution < -0.4 is 5.73 Å². The van der Waals surface area contributed by atoms with E-state index in [1.165, 1.54) is 17.0 Å². The number of nitrogens with two attached hydrogens (primary N) is 1. The molecule has 0 bridgehead atoms. The summed E-state index contributed by atoms with van der Waals surface area (Å²) in [7, 11) is 0. The van der Waals surface area contributed by atoms with Crippen molar-refractivity contribution in [2.24, 2.45) is 5.73 Å². The molecule has 0 radical (unpaired) electrons. The second kappa shape index (κ2) is 6.66. The lowest BCUT2D eigenvalue weighted by atomic mass is 10.2. The molecule has 0 aliphatic carbocycles. The van der Waals surface area contributed by atoms with E-state index in [2.05, 4.69) is 0 Å². The van der Waals surface area contributed by atoms with Crippen LogP contribution in [0.2, 0.25) is 5.02 Å². The summed E-state index contributed by atoms with van der Waals surface area (Å²) in [6.07, 6.45) is 0.768. The molecule has 0 atom stereocenters. The molecule has 0 heterocycles. The maximum absolute atomic E-state index is 13.3. The van der Waals surface area contributed by atoms with Crippen molar-refractivity contribution in [3.63, 3.8) is 0 Å². The van der Waals surface area contributed by atoms with Gasteiger partial charge in [-0.05, 0) is 24.6 Å². The van der Waals surface area contributed by atoms with Crippen LogP contribution in [0, 0.1) is 5.82 Å². The highest BCUT2D eigenvalue weighted by molar-refractivity contribution is 7.80. The van der Waals surface area contributed by atoms with Gasteiger partial charge in [0.2, 0.25) is 0 Å². The number of amides is 1. The van der Waals surface area contributed by atoms with Crippen LogP contribution in [0.4, 0.5) is 4.39 Å². The first-order chi connectivity index (χ1) is 8.45. The lowest BCUT2D eigenvalue weighted by Crippen LogP contribution is -2.38.